The molecule has 3 heterocycles. The number of nitrogens with zero attached hydrogens (tertiary/aromatic N) is 3. The van der Waals surface area contributed by atoms with E-state index in [-0.39, 0.29) is 5.41 Å². The summed E-state index contributed by atoms with van der Waals surface area (Å²) in [6.07, 6.45) is 7.37. The first-order valence-electron chi connectivity index (χ1n) is 11.6. The summed E-state index contributed by atoms with van der Waals surface area (Å²) in [6.45, 7) is 11.8. The van der Waals surface area contributed by atoms with Crippen molar-refractivity contribution in [2.24, 2.45) is 5.92 Å². The Labute approximate surface area is 198 Å². The zero-order valence-corrected chi connectivity index (χ0v) is 21.0. The van der Waals surface area contributed by atoms with Gasteiger partial charge in [0.2, 0.25) is 10.0 Å². The number of benzene rings is 1. The van der Waals surface area contributed by atoms with E-state index in [2.05, 4.69) is 49.8 Å². The van der Waals surface area contributed by atoms with Gasteiger partial charge in [-0.1, -0.05) is 33.8 Å². The quantitative estimate of drug-likeness (QED) is 0.488. The first kappa shape index (κ1) is 23.6. The third-order valence-electron chi connectivity index (χ3n) is 6.49. The number of hydrogen-bond donors (Lipinski definition) is 0. The number of aryl methyl sites for hydroxylation is 1. The lowest BCUT2D eigenvalue weighted by molar-refractivity contribution is 0.288. The Balaban J connectivity index is 1.65. The normalized spacial score (nSPS) is 16.2. The third kappa shape index (κ3) is 5.02. The summed E-state index contributed by atoms with van der Waals surface area (Å²) in [5.41, 5.74) is 5.95. The molecule has 6 heteroatoms. The highest BCUT2D eigenvalue weighted by Gasteiger charge is 2.28. The first-order chi connectivity index (χ1) is 15.6. The monoisotopic (exact) mass is 463 g/mol. The van der Waals surface area contributed by atoms with Crippen molar-refractivity contribution in [2.75, 3.05) is 13.1 Å². The van der Waals surface area contributed by atoms with Crippen LogP contribution in [0.5, 0.6) is 0 Å². The summed E-state index contributed by atoms with van der Waals surface area (Å²) in [5.74, 6) is 0.584. The van der Waals surface area contributed by atoms with Crippen LogP contribution in [0.1, 0.15) is 51.8 Å². The average Bonchev–Trinajstić information content (AvgIpc) is 2.79. The van der Waals surface area contributed by atoms with Gasteiger partial charge in [0.1, 0.15) is 0 Å². The molecule has 33 heavy (non-hydrogen) atoms. The maximum Gasteiger partial charge on any atom is 0.243 e. The topological polar surface area (TPSA) is 63.2 Å². The highest BCUT2D eigenvalue weighted by atomic mass is 32.2. The van der Waals surface area contributed by atoms with Gasteiger partial charge in [0.05, 0.1) is 4.90 Å². The summed E-state index contributed by atoms with van der Waals surface area (Å²) < 4.78 is 27.9. The van der Waals surface area contributed by atoms with E-state index in [9.17, 15) is 8.42 Å². The van der Waals surface area contributed by atoms with E-state index < -0.39 is 10.0 Å². The van der Waals surface area contributed by atoms with Crippen molar-refractivity contribution in [3.8, 4) is 22.3 Å². The van der Waals surface area contributed by atoms with Crippen LogP contribution in [0, 0.1) is 12.8 Å². The summed E-state index contributed by atoms with van der Waals surface area (Å²) in [5, 5.41) is 0. The molecule has 0 unspecified atom stereocenters. The number of rotatable bonds is 4. The molecule has 0 aliphatic carbocycles. The molecule has 1 aromatic carbocycles. The Hall–Kier alpha value is -2.57. The molecule has 0 atom stereocenters. The van der Waals surface area contributed by atoms with Gasteiger partial charge in [-0.25, -0.2) is 8.42 Å². The third-order valence-corrected chi connectivity index (χ3v) is 8.38. The van der Waals surface area contributed by atoms with Gasteiger partial charge >= 0.3 is 0 Å². The number of sulfonamides is 1. The van der Waals surface area contributed by atoms with Gasteiger partial charge in [0.25, 0.3) is 0 Å². The molecule has 5 nitrogen and oxygen atoms in total. The Morgan fingerprint density at radius 1 is 0.939 bits per heavy atom. The predicted octanol–water partition coefficient (Wildman–Crippen LogP) is 5.84. The lowest BCUT2D eigenvalue weighted by Gasteiger charge is -2.29. The van der Waals surface area contributed by atoms with E-state index >= 15 is 0 Å². The van der Waals surface area contributed by atoms with Gasteiger partial charge in [-0.15, -0.1) is 0 Å². The van der Waals surface area contributed by atoms with Crippen LogP contribution >= 0.6 is 0 Å². The molecular weight excluding hydrogens is 430 g/mol. The van der Waals surface area contributed by atoms with Crippen molar-refractivity contribution in [1.29, 1.82) is 0 Å². The van der Waals surface area contributed by atoms with Gasteiger partial charge in [0.15, 0.2) is 0 Å². The molecule has 1 aliphatic heterocycles. The van der Waals surface area contributed by atoms with E-state index in [1.165, 1.54) is 0 Å². The van der Waals surface area contributed by atoms with Crippen molar-refractivity contribution in [1.82, 2.24) is 14.3 Å². The van der Waals surface area contributed by atoms with Crippen LogP contribution in [-0.2, 0) is 15.4 Å². The van der Waals surface area contributed by atoms with Crippen molar-refractivity contribution in [2.45, 2.75) is 57.8 Å². The standard InChI is InChI=1S/C27H33N3O2S/c1-19-9-12-30(13-10-19)33(31,32)24-6-7-25(20(2)14-24)23-15-22(17-28-18-23)21-8-11-29-26(16-21)27(3,4)5/h6-8,11,14-19H,9-10,12-13H2,1-5H3. The molecular formula is C27H33N3O2S. The molecule has 1 fully saturated rings. The van der Waals surface area contributed by atoms with Crippen LogP contribution in [-0.4, -0.2) is 35.8 Å². The van der Waals surface area contributed by atoms with E-state index in [0.717, 1.165) is 46.4 Å². The summed E-state index contributed by atoms with van der Waals surface area (Å²) in [4.78, 5) is 9.37. The average molecular weight is 464 g/mol. The van der Waals surface area contributed by atoms with E-state index in [0.29, 0.717) is 23.9 Å². The van der Waals surface area contributed by atoms with Crippen LogP contribution in [0.3, 0.4) is 0 Å². The van der Waals surface area contributed by atoms with Crippen molar-refractivity contribution in [3.05, 3.63) is 66.2 Å². The minimum Gasteiger partial charge on any atom is -0.263 e. The number of piperidine rings is 1. The van der Waals surface area contributed by atoms with Gasteiger partial charge in [0, 0.05) is 53.9 Å². The fraction of sp³-hybridized carbons (Fsp3) is 0.407. The second-order valence-corrected chi connectivity index (χ2v) is 12.1. The highest BCUT2D eigenvalue weighted by molar-refractivity contribution is 7.89. The van der Waals surface area contributed by atoms with Crippen LogP contribution in [0.25, 0.3) is 22.3 Å². The second kappa shape index (κ2) is 8.99. The van der Waals surface area contributed by atoms with Gasteiger partial charge in [-0.3, -0.25) is 9.97 Å². The number of hydrogen-bond acceptors (Lipinski definition) is 4. The zero-order valence-electron chi connectivity index (χ0n) is 20.2. The maximum absolute atomic E-state index is 13.2. The van der Waals surface area contributed by atoms with Crippen molar-refractivity contribution in [3.63, 3.8) is 0 Å². The Morgan fingerprint density at radius 3 is 2.30 bits per heavy atom. The minimum atomic E-state index is -3.47. The Morgan fingerprint density at radius 2 is 1.64 bits per heavy atom. The van der Waals surface area contributed by atoms with Gasteiger partial charge < -0.3 is 0 Å². The molecule has 0 N–H and O–H groups in total. The van der Waals surface area contributed by atoms with Crippen LogP contribution in [0.4, 0.5) is 0 Å². The molecule has 4 rings (SSSR count). The summed E-state index contributed by atoms with van der Waals surface area (Å²) >= 11 is 0. The molecule has 3 aromatic rings. The SMILES string of the molecule is Cc1cc(S(=O)(=O)N2CCC(C)CC2)ccc1-c1cncc(-c2ccnc(C(C)(C)C)c2)c1. The molecule has 0 amide bonds. The molecule has 1 aliphatic rings. The fourth-order valence-electron chi connectivity index (χ4n) is 4.26. The minimum absolute atomic E-state index is 0.0364. The Bertz CT molecular complexity index is 1250. The molecule has 0 bridgehead atoms. The maximum atomic E-state index is 13.2. The zero-order chi connectivity index (χ0) is 23.8. The molecule has 0 saturated carbocycles. The van der Waals surface area contributed by atoms with E-state index in [1.54, 1.807) is 16.4 Å². The second-order valence-electron chi connectivity index (χ2n) is 10.2. The molecule has 0 spiro atoms. The van der Waals surface area contributed by atoms with Gasteiger partial charge in [-0.2, -0.15) is 4.31 Å². The smallest absolute Gasteiger partial charge is 0.243 e. The lowest BCUT2D eigenvalue weighted by Crippen LogP contribution is -2.37. The Kier molecular flexibility index (Phi) is 6.43. The van der Waals surface area contributed by atoms with Crippen molar-refractivity contribution >= 4 is 10.0 Å². The molecule has 1 saturated heterocycles. The van der Waals surface area contributed by atoms with E-state index in [4.69, 9.17) is 0 Å². The number of aromatic nitrogens is 2. The first-order valence-corrected chi connectivity index (χ1v) is 13.0. The van der Waals surface area contributed by atoms with Crippen LogP contribution in [0.2, 0.25) is 0 Å². The van der Waals surface area contributed by atoms with Crippen LogP contribution in [0.15, 0.2) is 59.9 Å². The van der Waals surface area contributed by atoms with Crippen molar-refractivity contribution < 1.29 is 8.42 Å². The van der Waals surface area contributed by atoms with E-state index in [1.807, 2.05) is 37.6 Å². The lowest BCUT2D eigenvalue weighted by atomic mass is 9.90. The number of pyridine rings is 2. The highest BCUT2D eigenvalue weighted by Crippen LogP contribution is 2.32. The molecule has 0 radical (unpaired) electrons. The van der Waals surface area contributed by atoms with Crippen LogP contribution < -0.4 is 0 Å². The molecule has 174 valence electrons. The largest absolute Gasteiger partial charge is 0.263 e. The summed E-state index contributed by atoms with van der Waals surface area (Å²) in [6, 6.07) is 11.6. The fourth-order valence-corrected chi connectivity index (χ4v) is 5.82. The predicted molar refractivity (Wildman–Crippen MR) is 133 cm³/mol. The summed E-state index contributed by atoms with van der Waals surface area (Å²) in [7, 11) is -3.47. The van der Waals surface area contributed by atoms with Gasteiger partial charge in [-0.05, 0) is 72.7 Å². The molecule has 2 aromatic heterocycles.